The third kappa shape index (κ3) is 7.17. The third-order valence-electron chi connectivity index (χ3n) is 5.22. The van der Waals surface area contributed by atoms with Crippen LogP contribution in [0.5, 0.6) is 5.75 Å². The van der Waals surface area contributed by atoms with Crippen LogP contribution in [0.15, 0.2) is 48.5 Å². The Hall–Kier alpha value is -2.71. The molecule has 0 bridgehead atoms. The predicted molar refractivity (Wildman–Crippen MR) is 130 cm³/mol. The average Bonchev–Trinajstić information content (AvgIpc) is 2.82. The number of morpholine rings is 1. The Morgan fingerprint density at radius 1 is 1.16 bits per heavy atom. The van der Waals surface area contributed by atoms with E-state index < -0.39 is 6.04 Å². The van der Waals surface area contributed by atoms with Crippen LogP contribution in [-0.4, -0.2) is 62.8 Å². The number of hydrogen-bond donors (Lipinski definition) is 2. The van der Waals surface area contributed by atoms with Crippen molar-refractivity contribution in [3.63, 3.8) is 0 Å². The fraction of sp³-hybridized carbons (Fsp3) is 0.417. The second-order valence-electron chi connectivity index (χ2n) is 7.59. The normalized spacial score (nSPS) is 14.5. The number of nitrogens with one attached hydrogen (secondary N) is 2. The molecule has 32 heavy (non-hydrogen) atoms. The van der Waals surface area contributed by atoms with Gasteiger partial charge in [-0.05, 0) is 61.2 Å². The van der Waals surface area contributed by atoms with Crippen LogP contribution in [0.1, 0.15) is 12.0 Å². The Morgan fingerprint density at radius 2 is 1.91 bits per heavy atom. The number of rotatable bonds is 10. The van der Waals surface area contributed by atoms with Gasteiger partial charge in [-0.3, -0.25) is 9.59 Å². The number of nitrogens with zero attached hydrogens (tertiary/aromatic N) is 1. The molecule has 0 radical (unpaired) electrons. The molecule has 1 atom stereocenters. The summed E-state index contributed by atoms with van der Waals surface area (Å²) in [6.07, 6.45) is 2.51. The minimum Gasteiger partial charge on any atom is -0.484 e. The number of anilines is 2. The fourth-order valence-electron chi connectivity index (χ4n) is 3.43. The number of aryl methyl sites for hydroxylation is 1. The van der Waals surface area contributed by atoms with E-state index in [9.17, 15) is 9.59 Å². The molecule has 0 spiro atoms. The lowest BCUT2D eigenvalue weighted by atomic mass is 10.1. The van der Waals surface area contributed by atoms with Crippen molar-refractivity contribution >= 4 is 35.0 Å². The molecule has 0 aromatic heterocycles. The lowest BCUT2D eigenvalue weighted by Crippen LogP contribution is -2.46. The van der Waals surface area contributed by atoms with E-state index in [1.54, 1.807) is 23.9 Å². The molecule has 0 saturated carbocycles. The second-order valence-corrected chi connectivity index (χ2v) is 8.58. The smallest absolute Gasteiger partial charge is 0.258 e. The summed E-state index contributed by atoms with van der Waals surface area (Å²) in [7, 11) is 0. The Balaban J connectivity index is 1.59. The molecule has 1 unspecified atom stereocenters. The summed E-state index contributed by atoms with van der Waals surface area (Å²) in [5.74, 6) is 0.819. The van der Waals surface area contributed by atoms with Gasteiger partial charge in [0.2, 0.25) is 5.91 Å². The van der Waals surface area contributed by atoms with Gasteiger partial charge in [0.15, 0.2) is 6.61 Å². The fourth-order valence-corrected chi connectivity index (χ4v) is 3.90. The van der Waals surface area contributed by atoms with Crippen molar-refractivity contribution in [2.75, 3.05) is 55.1 Å². The van der Waals surface area contributed by atoms with Gasteiger partial charge in [0.1, 0.15) is 11.8 Å². The van der Waals surface area contributed by atoms with Gasteiger partial charge in [0.25, 0.3) is 5.91 Å². The Bertz CT molecular complexity index is 888. The van der Waals surface area contributed by atoms with Crippen LogP contribution in [0.3, 0.4) is 0 Å². The highest BCUT2D eigenvalue weighted by atomic mass is 32.2. The Kier molecular flexibility index (Phi) is 9.25. The summed E-state index contributed by atoms with van der Waals surface area (Å²) in [6, 6.07) is 14.5. The maximum absolute atomic E-state index is 13.0. The van der Waals surface area contributed by atoms with Gasteiger partial charge in [-0.2, -0.15) is 11.8 Å². The number of hydrogen-bond acceptors (Lipinski definition) is 6. The molecular weight excluding hydrogens is 426 g/mol. The highest BCUT2D eigenvalue weighted by Crippen LogP contribution is 2.24. The minimum atomic E-state index is -0.632. The molecule has 1 heterocycles. The van der Waals surface area contributed by atoms with E-state index in [0.717, 1.165) is 49.0 Å². The zero-order valence-corrected chi connectivity index (χ0v) is 19.5. The molecule has 1 aliphatic rings. The number of amides is 2. The van der Waals surface area contributed by atoms with Crippen molar-refractivity contribution < 1.29 is 19.1 Å². The van der Waals surface area contributed by atoms with Crippen LogP contribution < -0.4 is 20.3 Å². The van der Waals surface area contributed by atoms with E-state index in [0.29, 0.717) is 12.2 Å². The average molecular weight is 458 g/mol. The lowest BCUT2D eigenvalue weighted by Gasteiger charge is -2.29. The van der Waals surface area contributed by atoms with Crippen molar-refractivity contribution in [3.8, 4) is 5.75 Å². The summed E-state index contributed by atoms with van der Waals surface area (Å²) in [6.45, 7) is 5.01. The summed E-state index contributed by atoms with van der Waals surface area (Å²) in [5.41, 5.74) is 2.84. The van der Waals surface area contributed by atoms with E-state index in [1.807, 2.05) is 43.5 Å². The molecule has 0 aliphatic carbocycles. The maximum Gasteiger partial charge on any atom is 0.258 e. The van der Waals surface area contributed by atoms with Crippen molar-refractivity contribution in [2.24, 2.45) is 0 Å². The van der Waals surface area contributed by atoms with Crippen LogP contribution in [0.2, 0.25) is 0 Å². The van der Waals surface area contributed by atoms with Crippen molar-refractivity contribution in [2.45, 2.75) is 19.4 Å². The number of thioether (sulfide) groups is 1. The Labute approximate surface area is 193 Å². The van der Waals surface area contributed by atoms with Gasteiger partial charge in [0, 0.05) is 24.5 Å². The summed E-state index contributed by atoms with van der Waals surface area (Å²) in [4.78, 5) is 27.6. The second kappa shape index (κ2) is 12.4. The lowest BCUT2D eigenvalue weighted by molar-refractivity contribution is -0.127. The van der Waals surface area contributed by atoms with E-state index in [-0.39, 0.29) is 18.4 Å². The molecule has 172 valence electrons. The van der Waals surface area contributed by atoms with E-state index in [1.165, 1.54) is 0 Å². The molecular formula is C24H31N3O4S. The molecule has 1 aliphatic heterocycles. The van der Waals surface area contributed by atoms with E-state index in [2.05, 4.69) is 21.6 Å². The first-order valence-corrected chi connectivity index (χ1v) is 12.2. The van der Waals surface area contributed by atoms with E-state index >= 15 is 0 Å². The number of benzene rings is 2. The van der Waals surface area contributed by atoms with Crippen molar-refractivity contribution in [1.82, 2.24) is 5.32 Å². The largest absolute Gasteiger partial charge is 0.484 e. The first-order valence-electron chi connectivity index (χ1n) is 10.8. The highest BCUT2D eigenvalue weighted by molar-refractivity contribution is 7.98. The Morgan fingerprint density at radius 3 is 2.59 bits per heavy atom. The molecule has 2 N–H and O–H groups in total. The van der Waals surface area contributed by atoms with Crippen molar-refractivity contribution in [1.29, 1.82) is 0 Å². The monoisotopic (exact) mass is 457 g/mol. The molecule has 2 aromatic carbocycles. The molecule has 3 rings (SSSR count). The highest BCUT2D eigenvalue weighted by Gasteiger charge is 2.22. The molecule has 7 nitrogen and oxygen atoms in total. The number of carbonyl (C=O) groups excluding carboxylic acids is 2. The number of para-hydroxylation sites is 1. The zero-order chi connectivity index (χ0) is 22.8. The van der Waals surface area contributed by atoms with Crippen LogP contribution in [-0.2, 0) is 14.3 Å². The standard InChI is InChI=1S/C24H31N3O4S/c1-18-16-19(27-11-13-30-14-12-27)8-9-21(18)26-24(29)22(10-15-32-2)25-23(28)17-31-20-6-4-3-5-7-20/h3-9,16,22H,10-15,17H2,1-2H3,(H,25,28)(H,26,29). The van der Waals surface area contributed by atoms with Crippen LogP contribution in [0, 0.1) is 6.92 Å². The van der Waals surface area contributed by atoms with Gasteiger partial charge >= 0.3 is 0 Å². The van der Waals surface area contributed by atoms with Crippen LogP contribution in [0.25, 0.3) is 0 Å². The first-order chi connectivity index (χ1) is 15.6. The zero-order valence-electron chi connectivity index (χ0n) is 18.6. The molecule has 2 aromatic rings. The summed E-state index contributed by atoms with van der Waals surface area (Å²) in [5, 5.41) is 5.79. The number of carbonyl (C=O) groups is 2. The SMILES string of the molecule is CSCCC(NC(=O)COc1ccccc1)C(=O)Nc1ccc(N2CCOCC2)cc1C. The molecule has 1 saturated heterocycles. The summed E-state index contributed by atoms with van der Waals surface area (Å²) >= 11 is 1.63. The quantitative estimate of drug-likeness (QED) is 0.571. The molecule has 1 fully saturated rings. The molecule has 2 amide bonds. The maximum atomic E-state index is 13.0. The van der Waals surface area contributed by atoms with Gasteiger partial charge in [-0.1, -0.05) is 18.2 Å². The van der Waals surface area contributed by atoms with Gasteiger partial charge in [-0.15, -0.1) is 0 Å². The van der Waals surface area contributed by atoms with Gasteiger partial charge in [-0.25, -0.2) is 0 Å². The van der Waals surface area contributed by atoms with Crippen molar-refractivity contribution in [3.05, 3.63) is 54.1 Å². The van der Waals surface area contributed by atoms with Gasteiger partial charge < -0.3 is 25.0 Å². The first kappa shape index (κ1) is 23.9. The van der Waals surface area contributed by atoms with Crippen LogP contribution in [0.4, 0.5) is 11.4 Å². The van der Waals surface area contributed by atoms with E-state index in [4.69, 9.17) is 9.47 Å². The summed E-state index contributed by atoms with van der Waals surface area (Å²) < 4.78 is 10.9. The topological polar surface area (TPSA) is 79.9 Å². The molecule has 8 heteroatoms. The predicted octanol–water partition coefficient (Wildman–Crippen LogP) is 3.09. The van der Waals surface area contributed by atoms with Crippen LogP contribution >= 0.6 is 11.8 Å². The third-order valence-corrected chi connectivity index (χ3v) is 5.86. The van der Waals surface area contributed by atoms with Gasteiger partial charge in [0.05, 0.1) is 13.2 Å². The number of ether oxygens (including phenoxy) is 2. The minimum absolute atomic E-state index is 0.139.